The molecular weight excluding hydrogens is 207 g/mol. The Balaban J connectivity index is 3.50. The van der Waals surface area contributed by atoms with Crippen molar-refractivity contribution in [3.05, 3.63) is 0 Å². The van der Waals surface area contributed by atoms with Crippen LogP contribution in [0.15, 0.2) is 0 Å². The van der Waals surface area contributed by atoms with Crippen molar-refractivity contribution < 1.29 is 17.9 Å². The Kier molecular flexibility index (Phi) is 6.92. The first-order valence-electron chi connectivity index (χ1n) is 5.27. The maximum atomic E-state index is 11.7. The van der Waals surface area contributed by atoms with E-state index in [9.17, 15) is 13.2 Å². The van der Waals surface area contributed by atoms with Crippen molar-refractivity contribution in [2.75, 3.05) is 13.2 Å². The van der Waals surface area contributed by atoms with E-state index in [4.69, 9.17) is 5.73 Å². The summed E-state index contributed by atoms with van der Waals surface area (Å²) >= 11 is 0. The van der Waals surface area contributed by atoms with Crippen LogP contribution in [0.1, 0.15) is 33.1 Å². The lowest BCUT2D eigenvalue weighted by Gasteiger charge is -2.19. The molecule has 2 unspecified atom stereocenters. The summed E-state index contributed by atoms with van der Waals surface area (Å²) in [6.45, 7) is 2.97. The molecule has 15 heavy (non-hydrogen) atoms. The van der Waals surface area contributed by atoms with Gasteiger partial charge in [-0.25, -0.2) is 0 Å². The predicted molar refractivity (Wildman–Crippen MR) is 53.5 cm³/mol. The van der Waals surface area contributed by atoms with E-state index in [1.54, 1.807) is 0 Å². The molecule has 0 aromatic rings. The van der Waals surface area contributed by atoms with Crippen LogP contribution in [0.5, 0.6) is 0 Å². The number of halogens is 3. The van der Waals surface area contributed by atoms with E-state index in [0.717, 1.165) is 12.8 Å². The van der Waals surface area contributed by atoms with Crippen molar-refractivity contribution in [1.29, 1.82) is 0 Å². The Morgan fingerprint density at radius 3 is 2.33 bits per heavy atom. The maximum absolute atomic E-state index is 11.7. The van der Waals surface area contributed by atoms with Gasteiger partial charge < -0.3 is 10.5 Å². The molecule has 0 spiro atoms. The van der Waals surface area contributed by atoms with Gasteiger partial charge in [0.2, 0.25) is 0 Å². The van der Waals surface area contributed by atoms with Crippen molar-refractivity contribution in [2.45, 2.75) is 45.3 Å². The molecule has 5 heteroatoms. The van der Waals surface area contributed by atoms with Crippen molar-refractivity contribution in [1.82, 2.24) is 0 Å². The van der Waals surface area contributed by atoms with E-state index in [-0.39, 0.29) is 12.6 Å². The van der Waals surface area contributed by atoms with Gasteiger partial charge in [-0.3, -0.25) is 0 Å². The zero-order chi connectivity index (χ0) is 11.9. The predicted octanol–water partition coefficient (Wildman–Crippen LogP) is 2.72. The molecule has 2 atom stereocenters. The Bertz CT molecular complexity index is 161. The van der Waals surface area contributed by atoms with E-state index in [0.29, 0.717) is 12.3 Å². The fourth-order valence-electron chi connectivity index (χ4n) is 1.36. The minimum atomic E-state index is -4.24. The van der Waals surface area contributed by atoms with Crippen LogP contribution in [0, 0.1) is 5.92 Å². The Morgan fingerprint density at radius 2 is 1.87 bits per heavy atom. The normalized spacial score (nSPS) is 16.4. The summed E-state index contributed by atoms with van der Waals surface area (Å²) in [4.78, 5) is 0. The fraction of sp³-hybridized carbons (Fsp3) is 1.00. The SMILES string of the molecule is CCCC(C)C(N)CCOCC(F)(F)F. The van der Waals surface area contributed by atoms with Crippen LogP contribution in [0.25, 0.3) is 0 Å². The van der Waals surface area contributed by atoms with Gasteiger partial charge in [0.15, 0.2) is 0 Å². The molecular formula is C10H20F3NO. The third kappa shape index (κ3) is 8.69. The molecule has 0 saturated carbocycles. The topological polar surface area (TPSA) is 35.2 Å². The number of rotatable bonds is 7. The summed E-state index contributed by atoms with van der Waals surface area (Å²) in [5.74, 6) is 0.337. The fourth-order valence-corrected chi connectivity index (χ4v) is 1.36. The number of nitrogens with two attached hydrogens (primary N) is 1. The van der Waals surface area contributed by atoms with Crippen molar-refractivity contribution >= 4 is 0 Å². The zero-order valence-corrected chi connectivity index (χ0v) is 9.31. The van der Waals surface area contributed by atoms with Crippen LogP contribution >= 0.6 is 0 Å². The van der Waals surface area contributed by atoms with Gasteiger partial charge in [-0.05, 0) is 18.8 Å². The Hall–Kier alpha value is -0.290. The third-order valence-electron chi connectivity index (χ3n) is 2.34. The van der Waals surface area contributed by atoms with Crippen molar-refractivity contribution in [3.8, 4) is 0 Å². The van der Waals surface area contributed by atoms with Crippen LogP contribution < -0.4 is 5.73 Å². The molecule has 0 aromatic heterocycles. The molecule has 0 aromatic carbocycles. The minimum Gasteiger partial charge on any atom is -0.372 e. The molecule has 92 valence electrons. The Labute approximate surface area is 89.0 Å². The van der Waals surface area contributed by atoms with E-state index in [1.165, 1.54) is 0 Å². The molecule has 2 nitrogen and oxygen atoms in total. The lowest BCUT2D eigenvalue weighted by atomic mass is 9.96. The Morgan fingerprint density at radius 1 is 1.27 bits per heavy atom. The summed E-state index contributed by atoms with van der Waals surface area (Å²) in [6.07, 6.45) is -1.71. The van der Waals surface area contributed by atoms with Gasteiger partial charge in [0, 0.05) is 12.6 Å². The first-order valence-corrected chi connectivity index (χ1v) is 5.27. The van der Waals surface area contributed by atoms with Crippen LogP contribution in [-0.4, -0.2) is 25.4 Å². The molecule has 0 bridgehead atoms. The van der Waals surface area contributed by atoms with Crippen LogP contribution in [0.3, 0.4) is 0 Å². The molecule has 0 saturated heterocycles. The first kappa shape index (κ1) is 14.7. The van der Waals surface area contributed by atoms with Crippen molar-refractivity contribution in [2.24, 2.45) is 11.7 Å². The highest BCUT2D eigenvalue weighted by Crippen LogP contribution is 2.15. The minimum absolute atomic E-state index is 0.0711. The molecule has 0 aliphatic rings. The number of ether oxygens (including phenoxy) is 1. The summed E-state index contributed by atoms with van der Waals surface area (Å²) in [5.41, 5.74) is 5.79. The highest BCUT2D eigenvalue weighted by Gasteiger charge is 2.27. The monoisotopic (exact) mass is 227 g/mol. The second-order valence-corrected chi connectivity index (χ2v) is 3.89. The van der Waals surface area contributed by atoms with E-state index < -0.39 is 12.8 Å². The van der Waals surface area contributed by atoms with Crippen LogP contribution in [-0.2, 0) is 4.74 Å². The lowest BCUT2D eigenvalue weighted by molar-refractivity contribution is -0.174. The second-order valence-electron chi connectivity index (χ2n) is 3.89. The quantitative estimate of drug-likeness (QED) is 0.679. The van der Waals surface area contributed by atoms with Gasteiger partial charge >= 0.3 is 6.18 Å². The van der Waals surface area contributed by atoms with Gasteiger partial charge in [-0.1, -0.05) is 20.3 Å². The average molecular weight is 227 g/mol. The van der Waals surface area contributed by atoms with Crippen molar-refractivity contribution in [3.63, 3.8) is 0 Å². The van der Waals surface area contributed by atoms with E-state index >= 15 is 0 Å². The molecule has 0 aliphatic heterocycles. The highest BCUT2D eigenvalue weighted by molar-refractivity contribution is 4.68. The molecule has 0 aliphatic carbocycles. The van der Waals surface area contributed by atoms with Crippen LogP contribution in [0.2, 0.25) is 0 Å². The molecule has 0 rings (SSSR count). The molecule has 0 amide bonds. The maximum Gasteiger partial charge on any atom is 0.411 e. The van der Waals surface area contributed by atoms with Gasteiger partial charge in [0.25, 0.3) is 0 Å². The zero-order valence-electron chi connectivity index (χ0n) is 9.31. The second kappa shape index (κ2) is 7.06. The van der Waals surface area contributed by atoms with Gasteiger partial charge in [-0.15, -0.1) is 0 Å². The highest BCUT2D eigenvalue weighted by atomic mass is 19.4. The molecule has 0 heterocycles. The summed E-state index contributed by atoms with van der Waals surface area (Å²) in [7, 11) is 0. The van der Waals surface area contributed by atoms with E-state index in [1.807, 2.05) is 6.92 Å². The average Bonchev–Trinajstić information content (AvgIpc) is 2.11. The van der Waals surface area contributed by atoms with Crippen LogP contribution in [0.4, 0.5) is 13.2 Å². The van der Waals surface area contributed by atoms with Gasteiger partial charge in [0.05, 0.1) is 0 Å². The first-order chi connectivity index (χ1) is 6.87. The number of hydrogen-bond donors (Lipinski definition) is 1. The van der Waals surface area contributed by atoms with Gasteiger partial charge in [-0.2, -0.15) is 13.2 Å². The molecule has 0 fully saturated rings. The summed E-state index contributed by atoms with van der Waals surface area (Å²) in [6, 6.07) is -0.0711. The largest absolute Gasteiger partial charge is 0.411 e. The molecule has 0 radical (unpaired) electrons. The van der Waals surface area contributed by atoms with E-state index in [2.05, 4.69) is 11.7 Å². The standard InChI is InChI=1S/C10H20F3NO/c1-3-4-8(2)9(14)5-6-15-7-10(11,12)13/h8-9H,3-7,14H2,1-2H3. The third-order valence-corrected chi connectivity index (χ3v) is 2.34. The van der Waals surface area contributed by atoms with Gasteiger partial charge in [0.1, 0.15) is 6.61 Å². The molecule has 2 N–H and O–H groups in total. The lowest BCUT2D eigenvalue weighted by Crippen LogP contribution is -2.30. The summed E-state index contributed by atoms with van der Waals surface area (Å²) < 4.78 is 39.6. The summed E-state index contributed by atoms with van der Waals surface area (Å²) in [5, 5.41) is 0. The number of hydrogen-bond acceptors (Lipinski definition) is 2. The number of alkyl halides is 3. The smallest absolute Gasteiger partial charge is 0.372 e.